The van der Waals surface area contributed by atoms with E-state index in [2.05, 4.69) is 33.4 Å². The molecular weight excluding hydrogens is 294 g/mol. The predicted octanol–water partition coefficient (Wildman–Crippen LogP) is 3.69. The van der Waals surface area contributed by atoms with Crippen molar-refractivity contribution >= 4 is 44.7 Å². The number of fused-ring (bicyclic) bond motifs is 1. The summed E-state index contributed by atoms with van der Waals surface area (Å²) in [6, 6.07) is 2.07. The van der Waals surface area contributed by atoms with E-state index in [9.17, 15) is 0 Å². The van der Waals surface area contributed by atoms with E-state index in [1.165, 1.54) is 4.88 Å². The number of aromatic nitrogens is 4. The van der Waals surface area contributed by atoms with Gasteiger partial charge in [-0.05, 0) is 31.0 Å². The Kier molecular flexibility index (Phi) is 3.35. The summed E-state index contributed by atoms with van der Waals surface area (Å²) >= 11 is 7.61. The summed E-state index contributed by atoms with van der Waals surface area (Å²) in [7, 11) is 1.90. The molecule has 0 radical (unpaired) electrons. The van der Waals surface area contributed by atoms with Crippen molar-refractivity contribution in [3.63, 3.8) is 0 Å². The van der Waals surface area contributed by atoms with Gasteiger partial charge in [-0.2, -0.15) is 10.1 Å². The molecule has 104 valence electrons. The highest BCUT2D eigenvalue weighted by molar-refractivity contribution is 7.18. The van der Waals surface area contributed by atoms with Crippen molar-refractivity contribution in [2.24, 2.45) is 7.05 Å². The van der Waals surface area contributed by atoms with Crippen molar-refractivity contribution in [1.82, 2.24) is 19.7 Å². The van der Waals surface area contributed by atoms with Crippen LogP contribution >= 0.6 is 22.9 Å². The highest BCUT2D eigenvalue weighted by atomic mass is 35.5. The van der Waals surface area contributed by atoms with Crippen LogP contribution in [-0.2, 0) is 13.5 Å². The zero-order valence-electron chi connectivity index (χ0n) is 11.4. The molecule has 0 saturated carbocycles. The Morgan fingerprint density at radius 3 is 2.95 bits per heavy atom. The van der Waals surface area contributed by atoms with Crippen LogP contribution in [0.3, 0.4) is 0 Å². The molecule has 3 aromatic rings. The number of aryl methyl sites for hydroxylation is 3. The number of halogens is 1. The first-order chi connectivity index (χ1) is 9.56. The maximum Gasteiger partial charge on any atom is 0.225 e. The normalized spacial score (nSPS) is 11.2. The molecule has 0 aliphatic heterocycles. The standard InChI is InChI=1S/C13H14ClN5S/c1-4-9-10(6-19(3)18-9)15-11-8-5-7(2)20-12(8)17-13(14)16-11/h5-6H,4H2,1-3H3,(H,15,16,17). The lowest BCUT2D eigenvalue weighted by molar-refractivity contribution is 0.746. The van der Waals surface area contributed by atoms with E-state index in [-0.39, 0.29) is 5.28 Å². The molecular formula is C13H14ClN5S. The maximum absolute atomic E-state index is 6.00. The van der Waals surface area contributed by atoms with Crippen molar-refractivity contribution in [3.8, 4) is 0 Å². The van der Waals surface area contributed by atoms with Gasteiger partial charge < -0.3 is 5.32 Å². The molecule has 7 heteroatoms. The van der Waals surface area contributed by atoms with Crippen LogP contribution in [0.2, 0.25) is 5.28 Å². The van der Waals surface area contributed by atoms with Crippen LogP contribution < -0.4 is 5.32 Å². The number of nitrogens with zero attached hydrogens (tertiary/aromatic N) is 4. The minimum absolute atomic E-state index is 0.254. The van der Waals surface area contributed by atoms with Gasteiger partial charge in [0, 0.05) is 18.1 Å². The molecule has 0 aliphatic carbocycles. The van der Waals surface area contributed by atoms with E-state index in [4.69, 9.17) is 11.6 Å². The largest absolute Gasteiger partial charge is 0.337 e. The van der Waals surface area contributed by atoms with Gasteiger partial charge in [0.25, 0.3) is 0 Å². The van der Waals surface area contributed by atoms with Gasteiger partial charge in [-0.3, -0.25) is 4.68 Å². The zero-order chi connectivity index (χ0) is 14.3. The molecule has 20 heavy (non-hydrogen) atoms. The smallest absolute Gasteiger partial charge is 0.225 e. The van der Waals surface area contributed by atoms with E-state index >= 15 is 0 Å². The molecule has 0 amide bonds. The van der Waals surface area contributed by atoms with E-state index in [0.717, 1.165) is 33.8 Å². The summed E-state index contributed by atoms with van der Waals surface area (Å²) < 4.78 is 1.79. The van der Waals surface area contributed by atoms with Crippen molar-refractivity contribution in [1.29, 1.82) is 0 Å². The lowest BCUT2D eigenvalue weighted by Gasteiger charge is -2.06. The Bertz CT molecular complexity index is 777. The Labute approximate surface area is 125 Å². The van der Waals surface area contributed by atoms with Gasteiger partial charge in [-0.15, -0.1) is 11.3 Å². The summed E-state index contributed by atoms with van der Waals surface area (Å²) in [6.07, 6.45) is 2.80. The summed E-state index contributed by atoms with van der Waals surface area (Å²) in [5, 5.41) is 8.98. The predicted molar refractivity (Wildman–Crippen MR) is 83.0 cm³/mol. The van der Waals surface area contributed by atoms with Crippen molar-refractivity contribution < 1.29 is 0 Å². The van der Waals surface area contributed by atoms with E-state index < -0.39 is 0 Å². The lowest BCUT2D eigenvalue weighted by atomic mass is 10.3. The van der Waals surface area contributed by atoms with Crippen LogP contribution in [-0.4, -0.2) is 19.7 Å². The molecule has 0 atom stereocenters. The second-order valence-corrected chi connectivity index (χ2v) is 6.13. The molecule has 0 aliphatic rings. The van der Waals surface area contributed by atoms with Crippen LogP contribution in [0.1, 0.15) is 17.5 Å². The van der Waals surface area contributed by atoms with Gasteiger partial charge in [-0.1, -0.05) is 6.92 Å². The highest BCUT2D eigenvalue weighted by Crippen LogP contribution is 2.31. The van der Waals surface area contributed by atoms with Crippen LogP contribution in [0, 0.1) is 6.92 Å². The van der Waals surface area contributed by atoms with E-state index in [1.54, 1.807) is 16.0 Å². The first-order valence-electron chi connectivity index (χ1n) is 6.30. The minimum atomic E-state index is 0.254. The topological polar surface area (TPSA) is 55.6 Å². The fourth-order valence-electron chi connectivity index (χ4n) is 2.14. The number of hydrogen-bond donors (Lipinski definition) is 1. The SMILES string of the molecule is CCc1nn(C)cc1Nc1nc(Cl)nc2sc(C)cc12. The number of anilines is 2. The summed E-state index contributed by atoms with van der Waals surface area (Å²) in [5.41, 5.74) is 1.96. The highest BCUT2D eigenvalue weighted by Gasteiger charge is 2.12. The lowest BCUT2D eigenvalue weighted by Crippen LogP contribution is -1.97. The van der Waals surface area contributed by atoms with Gasteiger partial charge in [0.15, 0.2) is 0 Å². The summed E-state index contributed by atoms with van der Waals surface area (Å²) in [4.78, 5) is 10.6. The number of hydrogen-bond acceptors (Lipinski definition) is 5. The Balaban J connectivity index is 2.09. The first-order valence-corrected chi connectivity index (χ1v) is 7.49. The molecule has 0 spiro atoms. The van der Waals surface area contributed by atoms with E-state index in [0.29, 0.717) is 0 Å². The molecule has 0 aromatic carbocycles. The maximum atomic E-state index is 6.00. The molecule has 0 unspecified atom stereocenters. The molecule has 3 aromatic heterocycles. The molecule has 0 saturated heterocycles. The fourth-order valence-corrected chi connectivity index (χ4v) is 3.24. The zero-order valence-corrected chi connectivity index (χ0v) is 13.0. The number of rotatable bonds is 3. The van der Waals surface area contributed by atoms with Gasteiger partial charge in [0.1, 0.15) is 10.6 Å². The van der Waals surface area contributed by atoms with Crippen LogP contribution in [0.5, 0.6) is 0 Å². The molecule has 3 rings (SSSR count). The third-order valence-electron chi connectivity index (χ3n) is 2.98. The average Bonchev–Trinajstić information content (AvgIpc) is 2.91. The van der Waals surface area contributed by atoms with Crippen molar-refractivity contribution in [3.05, 3.63) is 28.1 Å². The van der Waals surface area contributed by atoms with Gasteiger partial charge >= 0.3 is 0 Å². The van der Waals surface area contributed by atoms with Crippen LogP contribution in [0.25, 0.3) is 10.2 Å². The molecule has 1 N–H and O–H groups in total. The quantitative estimate of drug-likeness (QED) is 0.750. The third kappa shape index (κ3) is 2.36. The average molecular weight is 308 g/mol. The summed E-state index contributed by atoms with van der Waals surface area (Å²) in [5.74, 6) is 0.729. The van der Waals surface area contributed by atoms with Gasteiger partial charge in [0.2, 0.25) is 5.28 Å². The monoisotopic (exact) mass is 307 g/mol. The van der Waals surface area contributed by atoms with E-state index in [1.807, 2.05) is 20.2 Å². The second-order valence-electron chi connectivity index (χ2n) is 4.56. The molecule has 0 fully saturated rings. The van der Waals surface area contributed by atoms with Crippen molar-refractivity contribution in [2.75, 3.05) is 5.32 Å². The number of thiophene rings is 1. The van der Waals surface area contributed by atoms with Gasteiger partial charge in [0.05, 0.1) is 16.8 Å². The van der Waals surface area contributed by atoms with Crippen LogP contribution in [0.4, 0.5) is 11.5 Å². The molecule has 0 bridgehead atoms. The Hall–Kier alpha value is -1.66. The summed E-state index contributed by atoms with van der Waals surface area (Å²) in [6.45, 7) is 4.12. The second kappa shape index (κ2) is 5.03. The third-order valence-corrected chi connectivity index (χ3v) is 4.10. The van der Waals surface area contributed by atoms with Gasteiger partial charge in [-0.25, -0.2) is 4.98 Å². The number of nitrogens with one attached hydrogen (secondary N) is 1. The van der Waals surface area contributed by atoms with Crippen molar-refractivity contribution in [2.45, 2.75) is 20.3 Å². The first kappa shape index (κ1) is 13.3. The minimum Gasteiger partial charge on any atom is -0.337 e. The fraction of sp³-hybridized carbons (Fsp3) is 0.308. The Morgan fingerprint density at radius 1 is 1.40 bits per heavy atom. The molecule has 3 heterocycles. The van der Waals surface area contributed by atoms with Crippen LogP contribution in [0.15, 0.2) is 12.3 Å². The molecule has 5 nitrogen and oxygen atoms in total. The Morgan fingerprint density at radius 2 is 2.20 bits per heavy atom.